The SMILES string of the molecule is c1ccc(-c2ccc3c(c2)oc2c(N(c4ccc(-c5cccc6sc7ccccc7c56)cc4)c4ccc5ccc6ccccc6c5c4)cccc23)cc1. The van der Waals surface area contributed by atoms with E-state index >= 15 is 0 Å². The van der Waals surface area contributed by atoms with E-state index in [2.05, 4.69) is 193 Å². The molecule has 11 rings (SSSR count). The Morgan fingerprint density at radius 2 is 1.08 bits per heavy atom. The van der Waals surface area contributed by atoms with Crippen LogP contribution in [0.25, 0.3) is 85.9 Å². The molecule has 0 aliphatic carbocycles. The van der Waals surface area contributed by atoms with Crippen molar-refractivity contribution >= 4 is 92.1 Å². The molecule has 11 aromatic rings. The lowest BCUT2D eigenvalue weighted by atomic mass is 9.98. The van der Waals surface area contributed by atoms with E-state index in [1.165, 1.54) is 58.4 Å². The Kier molecular flexibility index (Phi) is 6.76. The van der Waals surface area contributed by atoms with Gasteiger partial charge in [-0.05, 0) is 98.4 Å². The third kappa shape index (κ3) is 4.86. The molecule has 0 atom stereocenters. The molecule has 2 nitrogen and oxygen atoms in total. The molecule has 0 N–H and O–H groups in total. The smallest absolute Gasteiger partial charge is 0.159 e. The molecule has 3 heteroatoms. The van der Waals surface area contributed by atoms with Gasteiger partial charge in [-0.15, -0.1) is 11.3 Å². The molecule has 0 spiro atoms. The minimum atomic E-state index is 0.865. The number of benzene rings is 9. The van der Waals surface area contributed by atoms with Crippen molar-refractivity contribution in [1.29, 1.82) is 0 Å². The molecule has 0 unspecified atom stereocenters. The van der Waals surface area contributed by atoms with E-state index in [4.69, 9.17) is 4.42 Å². The van der Waals surface area contributed by atoms with Crippen LogP contribution in [0.4, 0.5) is 17.1 Å². The quantitative estimate of drug-likeness (QED) is 0.167. The molecule has 53 heavy (non-hydrogen) atoms. The van der Waals surface area contributed by atoms with E-state index in [-0.39, 0.29) is 0 Å². The highest BCUT2D eigenvalue weighted by atomic mass is 32.1. The van der Waals surface area contributed by atoms with Crippen molar-refractivity contribution in [2.45, 2.75) is 0 Å². The van der Waals surface area contributed by atoms with Gasteiger partial charge in [0.15, 0.2) is 5.58 Å². The molecule has 0 aliphatic rings. The molecule has 0 aliphatic heterocycles. The number of para-hydroxylation sites is 1. The van der Waals surface area contributed by atoms with E-state index in [9.17, 15) is 0 Å². The summed E-state index contributed by atoms with van der Waals surface area (Å²) in [5.41, 5.74) is 9.64. The van der Waals surface area contributed by atoms with E-state index < -0.39 is 0 Å². The van der Waals surface area contributed by atoms with Crippen molar-refractivity contribution in [2.75, 3.05) is 4.90 Å². The van der Waals surface area contributed by atoms with Crippen LogP contribution in [0.2, 0.25) is 0 Å². The minimum absolute atomic E-state index is 0.865. The highest BCUT2D eigenvalue weighted by Gasteiger charge is 2.21. The van der Waals surface area contributed by atoms with Crippen LogP contribution < -0.4 is 4.90 Å². The lowest BCUT2D eigenvalue weighted by molar-refractivity contribution is 0.669. The first-order chi connectivity index (χ1) is 26.3. The van der Waals surface area contributed by atoms with E-state index in [1.54, 1.807) is 0 Å². The molecule has 0 bridgehead atoms. The molecule has 0 radical (unpaired) electrons. The summed E-state index contributed by atoms with van der Waals surface area (Å²) in [6, 6.07) is 67.9. The zero-order valence-corrected chi connectivity index (χ0v) is 29.5. The summed E-state index contributed by atoms with van der Waals surface area (Å²) < 4.78 is 9.49. The highest BCUT2D eigenvalue weighted by Crippen LogP contribution is 2.45. The minimum Gasteiger partial charge on any atom is -0.454 e. The number of hydrogen-bond donors (Lipinski definition) is 0. The van der Waals surface area contributed by atoms with E-state index in [0.717, 1.165) is 44.6 Å². The van der Waals surface area contributed by atoms with E-state index in [1.807, 2.05) is 11.3 Å². The van der Waals surface area contributed by atoms with Crippen molar-refractivity contribution in [1.82, 2.24) is 0 Å². The van der Waals surface area contributed by atoms with Crippen LogP contribution in [0.5, 0.6) is 0 Å². The van der Waals surface area contributed by atoms with Crippen LogP contribution in [-0.4, -0.2) is 0 Å². The zero-order chi connectivity index (χ0) is 34.9. The van der Waals surface area contributed by atoms with Gasteiger partial charge in [0.25, 0.3) is 0 Å². The Morgan fingerprint density at radius 1 is 0.396 bits per heavy atom. The lowest BCUT2D eigenvalue weighted by Crippen LogP contribution is -2.10. The largest absolute Gasteiger partial charge is 0.454 e. The number of nitrogens with zero attached hydrogens (tertiary/aromatic N) is 1. The summed E-state index contributed by atoms with van der Waals surface area (Å²) in [5, 5.41) is 9.76. The van der Waals surface area contributed by atoms with Gasteiger partial charge in [-0.1, -0.05) is 133 Å². The number of rotatable bonds is 5. The highest BCUT2D eigenvalue weighted by molar-refractivity contribution is 7.25. The fourth-order valence-corrected chi connectivity index (χ4v) is 9.26. The first-order valence-electron chi connectivity index (χ1n) is 18.0. The van der Waals surface area contributed by atoms with Crippen LogP contribution in [0.15, 0.2) is 192 Å². The van der Waals surface area contributed by atoms with Gasteiger partial charge in [0.05, 0.1) is 5.69 Å². The molecule has 0 amide bonds. The predicted molar refractivity (Wildman–Crippen MR) is 227 cm³/mol. The molecule has 0 saturated carbocycles. The Morgan fingerprint density at radius 3 is 1.96 bits per heavy atom. The second-order valence-electron chi connectivity index (χ2n) is 13.7. The maximum absolute atomic E-state index is 6.86. The van der Waals surface area contributed by atoms with E-state index in [0.29, 0.717) is 0 Å². The lowest BCUT2D eigenvalue weighted by Gasteiger charge is -2.26. The van der Waals surface area contributed by atoms with Gasteiger partial charge in [0, 0.05) is 42.3 Å². The maximum Gasteiger partial charge on any atom is 0.159 e. The maximum atomic E-state index is 6.86. The number of hydrogen-bond acceptors (Lipinski definition) is 3. The first-order valence-corrected chi connectivity index (χ1v) is 18.8. The Balaban J connectivity index is 1.12. The first kappa shape index (κ1) is 30.0. The molecule has 248 valence electrons. The van der Waals surface area contributed by atoms with Crippen LogP contribution in [0, 0.1) is 0 Å². The molecule has 2 aromatic heterocycles. The van der Waals surface area contributed by atoms with Crippen molar-refractivity contribution in [3.63, 3.8) is 0 Å². The van der Waals surface area contributed by atoms with Crippen molar-refractivity contribution in [3.8, 4) is 22.3 Å². The number of fused-ring (bicyclic) bond motifs is 9. The van der Waals surface area contributed by atoms with Gasteiger partial charge in [-0.25, -0.2) is 0 Å². The summed E-state index contributed by atoms with van der Waals surface area (Å²) in [6.07, 6.45) is 0. The second-order valence-corrected chi connectivity index (χ2v) is 14.8. The summed E-state index contributed by atoms with van der Waals surface area (Å²) in [5.74, 6) is 0. The Labute approximate surface area is 310 Å². The monoisotopic (exact) mass is 693 g/mol. The van der Waals surface area contributed by atoms with Crippen molar-refractivity contribution < 1.29 is 4.42 Å². The summed E-state index contributed by atoms with van der Waals surface area (Å²) in [7, 11) is 0. The van der Waals surface area contributed by atoms with Gasteiger partial charge in [0.2, 0.25) is 0 Å². The fourth-order valence-electron chi connectivity index (χ4n) is 8.13. The molecular weight excluding hydrogens is 663 g/mol. The number of anilines is 3. The van der Waals surface area contributed by atoms with Gasteiger partial charge < -0.3 is 9.32 Å². The Hall–Kier alpha value is -6.68. The van der Waals surface area contributed by atoms with Crippen LogP contribution in [-0.2, 0) is 0 Å². The predicted octanol–water partition coefficient (Wildman–Crippen LogP) is 15.1. The molecule has 9 aromatic carbocycles. The average Bonchev–Trinajstić information content (AvgIpc) is 3.80. The van der Waals surface area contributed by atoms with Crippen molar-refractivity contribution in [2.24, 2.45) is 0 Å². The molecular formula is C50H31NOS. The standard InChI is InChI=1S/C50H31NOS/c1-2-10-32(11-3-1)36-25-29-41-42-16-8-17-45(50(42)52-46(41)30-36)51(38-28-24-35-21-20-33-12-4-5-13-39(33)44(35)31-38)37-26-22-34(23-27-37)40-15-9-19-48-49(40)43-14-6-7-18-47(43)53-48/h1-31H. The van der Waals surface area contributed by atoms with Gasteiger partial charge >= 0.3 is 0 Å². The number of thiophene rings is 1. The van der Waals surface area contributed by atoms with Crippen LogP contribution in [0.1, 0.15) is 0 Å². The normalized spacial score (nSPS) is 11.8. The van der Waals surface area contributed by atoms with Gasteiger partial charge in [-0.2, -0.15) is 0 Å². The summed E-state index contributed by atoms with van der Waals surface area (Å²) in [4.78, 5) is 2.36. The second kappa shape index (κ2) is 11.9. The Bertz CT molecular complexity index is 3170. The fraction of sp³-hybridized carbons (Fsp3) is 0. The molecule has 0 fully saturated rings. The third-order valence-corrected chi connectivity index (χ3v) is 11.8. The van der Waals surface area contributed by atoms with Gasteiger partial charge in [0.1, 0.15) is 5.58 Å². The summed E-state index contributed by atoms with van der Waals surface area (Å²) in [6.45, 7) is 0. The summed E-state index contributed by atoms with van der Waals surface area (Å²) >= 11 is 1.86. The van der Waals surface area contributed by atoms with Crippen LogP contribution in [0.3, 0.4) is 0 Å². The number of furan rings is 1. The average molecular weight is 694 g/mol. The molecule has 0 saturated heterocycles. The van der Waals surface area contributed by atoms with Crippen molar-refractivity contribution in [3.05, 3.63) is 188 Å². The zero-order valence-electron chi connectivity index (χ0n) is 28.7. The van der Waals surface area contributed by atoms with Crippen LogP contribution >= 0.6 is 11.3 Å². The third-order valence-electron chi connectivity index (χ3n) is 10.7. The van der Waals surface area contributed by atoms with Gasteiger partial charge in [-0.3, -0.25) is 0 Å². The molecule has 2 heterocycles. The topological polar surface area (TPSA) is 16.4 Å².